The number of carboxylic acid groups (broad SMARTS) is 1. The zero-order valence-corrected chi connectivity index (χ0v) is 16.0. The summed E-state index contributed by atoms with van der Waals surface area (Å²) in [5.41, 5.74) is 0.582. The van der Waals surface area contributed by atoms with E-state index in [0.717, 1.165) is 10.6 Å². The zero-order chi connectivity index (χ0) is 21.8. The smallest absolute Gasteiger partial charge is 0.416 e. The Morgan fingerprint density at radius 2 is 1.90 bits per heavy atom. The predicted octanol–water partition coefficient (Wildman–Crippen LogP) is 4.78. The molecule has 1 N–H and O–H groups in total. The summed E-state index contributed by atoms with van der Waals surface area (Å²) < 4.78 is 38.8. The first kappa shape index (κ1) is 20.8. The maximum absolute atomic E-state index is 14.0. The Kier molecular flexibility index (Phi) is 6.01. The molecule has 0 radical (unpaired) electrons. The molecule has 9 heteroatoms. The van der Waals surface area contributed by atoms with Crippen LogP contribution in [0, 0.1) is 11.6 Å². The van der Waals surface area contributed by atoms with Crippen molar-refractivity contribution in [2.45, 2.75) is 6.61 Å². The second-order valence-corrected chi connectivity index (χ2v) is 6.28. The van der Waals surface area contributed by atoms with Gasteiger partial charge in [-0.15, -0.1) is 0 Å². The van der Waals surface area contributed by atoms with Gasteiger partial charge in [-0.25, -0.2) is 22.9 Å². The van der Waals surface area contributed by atoms with E-state index < -0.39 is 23.8 Å². The molecular weight excluding hydrogens is 398 g/mol. The van der Waals surface area contributed by atoms with Crippen molar-refractivity contribution in [3.05, 3.63) is 72.4 Å². The third-order valence-electron chi connectivity index (χ3n) is 4.31. The van der Waals surface area contributed by atoms with Crippen LogP contribution in [0.2, 0.25) is 0 Å². The number of hydrogen-bond acceptors (Lipinski definition) is 4. The predicted molar refractivity (Wildman–Crippen MR) is 106 cm³/mol. The van der Waals surface area contributed by atoms with Gasteiger partial charge in [-0.2, -0.15) is 0 Å². The Morgan fingerprint density at radius 1 is 1.20 bits per heavy atom. The van der Waals surface area contributed by atoms with Crippen molar-refractivity contribution in [3.63, 3.8) is 0 Å². The highest BCUT2D eigenvalue weighted by molar-refractivity contribution is 5.90. The van der Waals surface area contributed by atoms with E-state index in [1.807, 2.05) is 0 Å². The van der Waals surface area contributed by atoms with Gasteiger partial charge in [0.15, 0.2) is 0 Å². The van der Waals surface area contributed by atoms with Crippen LogP contribution in [-0.2, 0) is 11.3 Å². The van der Waals surface area contributed by atoms with Gasteiger partial charge in [0, 0.05) is 24.2 Å². The lowest BCUT2D eigenvalue weighted by Crippen LogP contribution is -2.26. The van der Waals surface area contributed by atoms with E-state index >= 15 is 0 Å². The molecule has 1 amide bonds. The lowest BCUT2D eigenvalue weighted by molar-refractivity contribution is 0.167. The second kappa shape index (κ2) is 8.64. The second-order valence-electron chi connectivity index (χ2n) is 6.28. The molecule has 1 aromatic heterocycles. The van der Waals surface area contributed by atoms with Crippen molar-refractivity contribution < 1.29 is 33.0 Å². The van der Waals surface area contributed by atoms with Gasteiger partial charge in [-0.3, -0.25) is 4.90 Å². The van der Waals surface area contributed by atoms with Crippen LogP contribution in [0.15, 0.2) is 55.1 Å². The van der Waals surface area contributed by atoms with Gasteiger partial charge in [-0.05, 0) is 36.4 Å². The largest absolute Gasteiger partial charge is 0.487 e. The van der Waals surface area contributed by atoms with Gasteiger partial charge in [0.25, 0.3) is 0 Å². The molecule has 0 unspecified atom stereocenters. The normalized spacial score (nSPS) is 10.6. The SMILES string of the molecule is C=CCOC(=O)N(C)c1ccc(OCc2cc3c(F)cc(F)cc3n2C(=O)O)cc1. The maximum atomic E-state index is 14.0. The van der Waals surface area contributed by atoms with Crippen molar-refractivity contribution in [2.75, 3.05) is 18.6 Å². The van der Waals surface area contributed by atoms with Crippen LogP contribution >= 0.6 is 0 Å². The summed E-state index contributed by atoms with van der Waals surface area (Å²) in [4.78, 5) is 24.7. The van der Waals surface area contributed by atoms with Crippen molar-refractivity contribution >= 4 is 28.8 Å². The first-order valence-corrected chi connectivity index (χ1v) is 8.78. The van der Waals surface area contributed by atoms with Gasteiger partial charge < -0.3 is 14.6 Å². The van der Waals surface area contributed by atoms with E-state index in [-0.39, 0.29) is 29.8 Å². The van der Waals surface area contributed by atoms with Gasteiger partial charge in [-0.1, -0.05) is 12.7 Å². The molecule has 1 heterocycles. The number of halogens is 2. The van der Waals surface area contributed by atoms with Gasteiger partial charge in [0.1, 0.15) is 30.6 Å². The summed E-state index contributed by atoms with van der Waals surface area (Å²) in [7, 11) is 1.54. The lowest BCUT2D eigenvalue weighted by Gasteiger charge is -2.17. The van der Waals surface area contributed by atoms with Crippen LogP contribution in [0.4, 0.5) is 24.1 Å². The first-order valence-electron chi connectivity index (χ1n) is 8.78. The van der Waals surface area contributed by atoms with Gasteiger partial charge in [0.05, 0.1) is 11.2 Å². The molecule has 0 bridgehead atoms. The molecule has 3 rings (SSSR count). The molecule has 7 nitrogen and oxygen atoms in total. The van der Waals surface area contributed by atoms with E-state index in [0.29, 0.717) is 17.5 Å². The van der Waals surface area contributed by atoms with E-state index in [1.165, 1.54) is 17.0 Å². The highest BCUT2D eigenvalue weighted by atomic mass is 19.1. The average molecular weight is 416 g/mol. The Hall–Kier alpha value is -3.88. The van der Waals surface area contributed by atoms with E-state index in [9.17, 15) is 23.5 Å². The number of nitrogens with zero attached hydrogens (tertiary/aromatic N) is 2. The summed E-state index contributed by atoms with van der Waals surface area (Å²) in [6.07, 6.45) is -0.480. The van der Waals surface area contributed by atoms with Crippen LogP contribution in [0.5, 0.6) is 5.75 Å². The van der Waals surface area contributed by atoms with Crippen molar-refractivity contribution in [1.29, 1.82) is 0 Å². The Labute approximate surface area is 170 Å². The number of carbonyl (C=O) groups is 2. The highest BCUT2D eigenvalue weighted by Crippen LogP contribution is 2.26. The molecule has 0 fully saturated rings. The molecule has 2 aromatic carbocycles. The lowest BCUT2D eigenvalue weighted by atomic mass is 10.2. The molecule has 30 heavy (non-hydrogen) atoms. The fraction of sp³-hybridized carbons (Fsp3) is 0.143. The van der Waals surface area contributed by atoms with Crippen molar-refractivity contribution in [1.82, 2.24) is 4.57 Å². The fourth-order valence-corrected chi connectivity index (χ4v) is 2.87. The average Bonchev–Trinajstić information content (AvgIpc) is 3.09. The monoisotopic (exact) mass is 416 g/mol. The van der Waals surface area contributed by atoms with Gasteiger partial charge >= 0.3 is 12.2 Å². The summed E-state index contributed by atoms with van der Waals surface area (Å²) >= 11 is 0. The van der Waals surface area contributed by atoms with Crippen molar-refractivity contribution in [2.24, 2.45) is 0 Å². The number of hydrogen-bond donors (Lipinski definition) is 1. The number of rotatable bonds is 6. The molecule has 0 saturated carbocycles. The molecule has 156 valence electrons. The molecule has 0 saturated heterocycles. The number of anilines is 1. The first-order chi connectivity index (χ1) is 14.3. The number of aromatic nitrogens is 1. The minimum absolute atomic E-state index is 0.0209. The number of carbonyl (C=O) groups excluding carboxylic acids is 1. The quantitative estimate of drug-likeness (QED) is 0.585. The number of amides is 1. The molecule has 0 aliphatic heterocycles. The van der Waals surface area contributed by atoms with Crippen LogP contribution in [0.1, 0.15) is 5.69 Å². The third-order valence-corrected chi connectivity index (χ3v) is 4.31. The Morgan fingerprint density at radius 3 is 2.53 bits per heavy atom. The Balaban J connectivity index is 1.77. The van der Waals surface area contributed by atoms with E-state index in [2.05, 4.69) is 6.58 Å². The van der Waals surface area contributed by atoms with Crippen LogP contribution in [0.25, 0.3) is 10.9 Å². The topological polar surface area (TPSA) is 81.0 Å². The van der Waals surface area contributed by atoms with Crippen LogP contribution in [-0.4, -0.2) is 35.5 Å². The molecule has 0 atom stereocenters. The minimum Gasteiger partial charge on any atom is -0.487 e. The number of ether oxygens (including phenoxy) is 2. The zero-order valence-electron chi connectivity index (χ0n) is 16.0. The maximum Gasteiger partial charge on any atom is 0.416 e. The molecule has 3 aromatic rings. The molecule has 0 spiro atoms. The van der Waals surface area contributed by atoms with Crippen LogP contribution < -0.4 is 9.64 Å². The number of fused-ring (bicyclic) bond motifs is 1. The summed E-state index contributed by atoms with van der Waals surface area (Å²) in [6, 6.07) is 9.34. The highest BCUT2D eigenvalue weighted by Gasteiger charge is 2.18. The van der Waals surface area contributed by atoms with Crippen molar-refractivity contribution in [3.8, 4) is 5.75 Å². The fourth-order valence-electron chi connectivity index (χ4n) is 2.87. The van der Waals surface area contributed by atoms with Gasteiger partial charge in [0.2, 0.25) is 0 Å². The third kappa shape index (κ3) is 4.24. The number of benzene rings is 2. The minimum atomic E-state index is -1.39. The van der Waals surface area contributed by atoms with E-state index in [1.54, 1.807) is 31.3 Å². The summed E-state index contributed by atoms with van der Waals surface area (Å²) in [6.45, 7) is 3.37. The molecule has 0 aliphatic carbocycles. The Bertz CT molecular complexity index is 1110. The molecule has 0 aliphatic rings. The molecular formula is C21H18F2N2O5. The summed E-state index contributed by atoms with van der Waals surface area (Å²) in [5.74, 6) is -1.35. The van der Waals surface area contributed by atoms with Crippen LogP contribution in [0.3, 0.4) is 0 Å². The summed E-state index contributed by atoms with van der Waals surface area (Å²) in [5, 5.41) is 9.43. The van der Waals surface area contributed by atoms with E-state index in [4.69, 9.17) is 9.47 Å². The standard InChI is InChI=1S/C21H18F2N2O5/c1-3-8-29-21(28)24(2)14-4-6-16(7-5-14)30-12-15-11-17-18(23)9-13(22)10-19(17)25(15)20(26)27/h3-7,9-11H,1,8,12H2,2H3,(H,26,27).